The Balaban J connectivity index is 3.70. The highest BCUT2D eigenvalue weighted by Gasteiger charge is 2.20. The number of ether oxygens (including phenoxy) is 1. The van der Waals surface area contributed by atoms with Gasteiger partial charge in [0.05, 0.1) is 12.2 Å². The van der Waals surface area contributed by atoms with E-state index >= 15 is 0 Å². The Morgan fingerprint density at radius 3 is 1.82 bits per heavy atom. The Morgan fingerprint density at radius 2 is 1.55 bits per heavy atom. The highest BCUT2D eigenvalue weighted by molar-refractivity contribution is 7.80. The fraction of sp³-hybridized carbons (Fsp3) is 1.00. The van der Waals surface area contributed by atoms with Crippen molar-refractivity contribution in [2.24, 2.45) is 5.41 Å². The maximum Gasteiger partial charge on any atom is 0.0714 e. The molecule has 0 saturated carbocycles. The van der Waals surface area contributed by atoms with E-state index in [-0.39, 0.29) is 11.0 Å². The van der Waals surface area contributed by atoms with E-state index < -0.39 is 0 Å². The van der Waals surface area contributed by atoms with Crippen molar-refractivity contribution >= 4 is 12.6 Å². The lowest BCUT2D eigenvalue weighted by Gasteiger charge is -2.28. The minimum atomic E-state index is -0.0869. The zero-order chi connectivity index (χ0) is 9.12. The molecule has 0 atom stereocenters. The largest absolute Gasteiger partial charge is 0.374 e. The summed E-state index contributed by atoms with van der Waals surface area (Å²) in [6, 6.07) is 0. The fourth-order valence-electron chi connectivity index (χ4n) is 0.458. The maximum atomic E-state index is 5.67. The standard InChI is InChI=1S/C9H20OS/c1-8(2,3)6-10-9(4,5)7-11/h11H,6-7H2,1-5H3. The van der Waals surface area contributed by atoms with Crippen LogP contribution in [0, 0.1) is 5.41 Å². The van der Waals surface area contributed by atoms with E-state index in [1.54, 1.807) is 0 Å². The fourth-order valence-corrected chi connectivity index (χ4v) is 0.549. The van der Waals surface area contributed by atoms with Crippen molar-refractivity contribution in [3.05, 3.63) is 0 Å². The summed E-state index contributed by atoms with van der Waals surface area (Å²) in [5.41, 5.74) is 0.163. The van der Waals surface area contributed by atoms with Crippen molar-refractivity contribution in [1.29, 1.82) is 0 Å². The molecule has 11 heavy (non-hydrogen) atoms. The van der Waals surface area contributed by atoms with Gasteiger partial charge in [0.2, 0.25) is 0 Å². The lowest BCUT2D eigenvalue weighted by atomic mass is 9.98. The molecule has 2 heteroatoms. The van der Waals surface area contributed by atoms with Gasteiger partial charge in [-0.05, 0) is 19.3 Å². The van der Waals surface area contributed by atoms with Crippen LogP contribution >= 0.6 is 12.6 Å². The van der Waals surface area contributed by atoms with Crippen molar-refractivity contribution in [3.63, 3.8) is 0 Å². The average molecular weight is 176 g/mol. The van der Waals surface area contributed by atoms with Gasteiger partial charge >= 0.3 is 0 Å². The third-order valence-corrected chi connectivity index (χ3v) is 2.04. The molecule has 0 N–H and O–H groups in total. The zero-order valence-corrected chi connectivity index (χ0v) is 9.16. The Morgan fingerprint density at radius 1 is 1.09 bits per heavy atom. The molecular weight excluding hydrogens is 156 g/mol. The smallest absolute Gasteiger partial charge is 0.0714 e. The second kappa shape index (κ2) is 3.81. The molecule has 0 saturated heterocycles. The Kier molecular flexibility index (Phi) is 3.92. The van der Waals surface area contributed by atoms with Crippen LogP contribution < -0.4 is 0 Å². The molecule has 0 unspecified atom stereocenters. The number of thiol groups is 1. The summed E-state index contributed by atoms with van der Waals surface area (Å²) < 4.78 is 5.67. The van der Waals surface area contributed by atoms with Crippen molar-refractivity contribution < 1.29 is 4.74 Å². The molecule has 0 rings (SSSR count). The summed E-state index contributed by atoms with van der Waals surface area (Å²) >= 11 is 4.21. The van der Waals surface area contributed by atoms with Crippen LogP contribution in [0.5, 0.6) is 0 Å². The molecule has 0 aromatic rings. The molecule has 0 aromatic heterocycles. The van der Waals surface area contributed by atoms with Gasteiger partial charge < -0.3 is 4.74 Å². The van der Waals surface area contributed by atoms with Crippen LogP contribution in [-0.4, -0.2) is 18.0 Å². The summed E-state index contributed by atoms with van der Waals surface area (Å²) in [5.74, 6) is 0.767. The summed E-state index contributed by atoms with van der Waals surface area (Å²) in [4.78, 5) is 0. The van der Waals surface area contributed by atoms with Gasteiger partial charge in [0.1, 0.15) is 0 Å². The summed E-state index contributed by atoms with van der Waals surface area (Å²) in [7, 11) is 0. The minimum Gasteiger partial charge on any atom is -0.374 e. The Bertz CT molecular complexity index is 113. The van der Waals surface area contributed by atoms with Gasteiger partial charge in [-0.1, -0.05) is 20.8 Å². The quantitative estimate of drug-likeness (QED) is 0.651. The Hall–Kier alpha value is 0.310. The normalized spacial score (nSPS) is 13.6. The second-order valence-electron chi connectivity index (χ2n) is 4.77. The number of rotatable bonds is 3. The van der Waals surface area contributed by atoms with Crippen LogP contribution in [0.1, 0.15) is 34.6 Å². The van der Waals surface area contributed by atoms with E-state index in [2.05, 4.69) is 47.2 Å². The van der Waals surface area contributed by atoms with Gasteiger partial charge in [-0.3, -0.25) is 0 Å². The molecule has 68 valence electrons. The lowest BCUT2D eigenvalue weighted by Crippen LogP contribution is -2.31. The monoisotopic (exact) mass is 176 g/mol. The van der Waals surface area contributed by atoms with E-state index in [4.69, 9.17) is 4.74 Å². The first-order chi connectivity index (χ1) is 4.77. The van der Waals surface area contributed by atoms with E-state index in [9.17, 15) is 0 Å². The second-order valence-corrected chi connectivity index (χ2v) is 5.08. The van der Waals surface area contributed by atoms with Crippen molar-refractivity contribution in [1.82, 2.24) is 0 Å². The molecule has 0 fully saturated rings. The third-order valence-electron chi connectivity index (χ3n) is 1.28. The van der Waals surface area contributed by atoms with Crippen LogP contribution in [-0.2, 0) is 4.74 Å². The van der Waals surface area contributed by atoms with Gasteiger partial charge in [0, 0.05) is 5.75 Å². The van der Waals surface area contributed by atoms with Gasteiger partial charge in [-0.15, -0.1) is 0 Å². The highest BCUT2D eigenvalue weighted by Crippen LogP contribution is 2.19. The van der Waals surface area contributed by atoms with Gasteiger partial charge in [0.25, 0.3) is 0 Å². The van der Waals surface area contributed by atoms with Crippen LogP contribution in [0.15, 0.2) is 0 Å². The van der Waals surface area contributed by atoms with E-state index in [1.165, 1.54) is 0 Å². The van der Waals surface area contributed by atoms with Crippen molar-refractivity contribution in [3.8, 4) is 0 Å². The van der Waals surface area contributed by atoms with Crippen LogP contribution in [0.2, 0.25) is 0 Å². The first-order valence-corrected chi connectivity index (χ1v) is 4.65. The first kappa shape index (κ1) is 11.3. The number of hydrogen-bond donors (Lipinski definition) is 1. The predicted molar refractivity (Wildman–Crippen MR) is 53.3 cm³/mol. The Labute approximate surface area is 75.9 Å². The molecule has 0 bridgehead atoms. The van der Waals surface area contributed by atoms with Crippen LogP contribution in [0.25, 0.3) is 0 Å². The topological polar surface area (TPSA) is 9.23 Å². The van der Waals surface area contributed by atoms with Gasteiger partial charge in [0.15, 0.2) is 0 Å². The van der Waals surface area contributed by atoms with Gasteiger partial charge in [-0.25, -0.2) is 0 Å². The molecule has 0 amide bonds. The van der Waals surface area contributed by atoms with Crippen molar-refractivity contribution in [2.45, 2.75) is 40.2 Å². The SMILES string of the molecule is CC(C)(C)COC(C)(C)CS. The molecule has 0 spiro atoms. The van der Waals surface area contributed by atoms with Crippen LogP contribution in [0.4, 0.5) is 0 Å². The predicted octanol–water partition coefficient (Wildman–Crippen LogP) is 2.76. The molecule has 0 aliphatic carbocycles. The molecule has 0 heterocycles. The molecule has 0 aliphatic heterocycles. The maximum absolute atomic E-state index is 5.67. The van der Waals surface area contributed by atoms with Crippen LogP contribution in [0.3, 0.4) is 0 Å². The molecule has 0 radical (unpaired) electrons. The van der Waals surface area contributed by atoms with E-state index in [0.29, 0.717) is 0 Å². The third kappa shape index (κ3) is 6.70. The molecule has 1 nitrogen and oxygen atoms in total. The molecular formula is C9H20OS. The lowest BCUT2D eigenvalue weighted by molar-refractivity contribution is -0.0348. The van der Waals surface area contributed by atoms with E-state index in [0.717, 1.165) is 12.4 Å². The molecule has 0 aliphatic rings. The van der Waals surface area contributed by atoms with Crippen molar-refractivity contribution in [2.75, 3.05) is 12.4 Å². The highest BCUT2D eigenvalue weighted by atomic mass is 32.1. The van der Waals surface area contributed by atoms with Gasteiger partial charge in [-0.2, -0.15) is 12.6 Å². The average Bonchev–Trinajstić information content (AvgIpc) is 1.83. The molecule has 0 aromatic carbocycles. The zero-order valence-electron chi connectivity index (χ0n) is 8.27. The van der Waals surface area contributed by atoms with E-state index in [1.807, 2.05) is 0 Å². The summed E-state index contributed by atoms with van der Waals surface area (Å²) in [6.45, 7) is 11.4. The summed E-state index contributed by atoms with van der Waals surface area (Å²) in [5, 5.41) is 0. The number of hydrogen-bond acceptors (Lipinski definition) is 2. The minimum absolute atomic E-state index is 0.0869. The summed E-state index contributed by atoms with van der Waals surface area (Å²) in [6.07, 6.45) is 0. The first-order valence-electron chi connectivity index (χ1n) is 4.02.